The summed E-state index contributed by atoms with van der Waals surface area (Å²) in [6.45, 7) is -2.71. The molecule has 3 unspecified atom stereocenters. The summed E-state index contributed by atoms with van der Waals surface area (Å²) in [4.78, 5) is 26.4. The van der Waals surface area contributed by atoms with Crippen LogP contribution < -0.4 is 5.32 Å². The zero-order valence-electron chi connectivity index (χ0n) is 10.4. The number of nitrogens with one attached hydrogen (secondary N) is 1. The molecule has 2 heterocycles. The molecule has 2 rings (SSSR count). The molecule has 4 amide bonds. The van der Waals surface area contributed by atoms with Crippen molar-refractivity contribution >= 4 is 12.1 Å². The summed E-state index contributed by atoms with van der Waals surface area (Å²) >= 11 is 0. The smallest absolute Gasteiger partial charge is 0.327 e. The van der Waals surface area contributed by atoms with Crippen LogP contribution in [0.15, 0.2) is 0 Å². The van der Waals surface area contributed by atoms with Crippen molar-refractivity contribution in [3.8, 4) is 0 Å². The van der Waals surface area contributed by atoms with Gasteiger partial charge >= 0.3 is 12.1 Å². The van der Waals surface area contributed by atoms with Crippen molar-refractivity contribution in [3.63, 3.8) is 0 Å². The van der Waals surface area contributed by atoms with Gasteiger partial charge in [0.25, 0.3) is 0 Å². The van der Waals surface area contributed by atoms with E-state index in [9.17, 15) is 19.8 Å². The number of fused-ring (bicyclic) bond motifs is 1. The summed E-state index contributed by atoms with van der Waals surface area (Å²) in [5, 5.41) is 38.4. The molecule has 2 fully saturated rings. The van der Waals surface area contributed by atoms with Gasteiger partial charge in [0.1, 0.15) is 39.2 Å². The normalized spacial score (nSPS) is 28.2. The van der Waals surface area contributed by atoms with E-state index < -0.39 is 57.5 Å². The van der Waals surface area contributed by atoms with E-state index in [1.807, 2.05) is 0 Å². The van der Waals surface area contributed by atoms with Gasteiger partial charge in [0, 0.05) is 0 Å². The number of aliphatic hydroxyl groups excluding tert-OH is 4. The van der Waals surface area contributed by atoms with Crippen LogP contribution in [-0.2, 0) is 4.74 Å². The van der Waals surface area contributed by atoms with Gasteiger partial charge in [0.05, 0.1) is 0 Å². The summed E-state index contributed by atoms with van der Waals surface area (Å²) in [5.41, 5.74) is 0. The number of carbonyl (C=O) groups excluding carboxylic acids is 2. The third-order valence-electron chi connectivity index (χ3n) is 3.18. The average Bonchev–Trinajstić information content (AvgIpc) is 3.20. The molecule has 0 radical (unpaired) electrons. The van der Waals surface area contributed by atoms with Crippen LogP contribution in [0.25, 0.3) is 0 Å². The second-order valence-corrected chi connectivity index (χ2v) is 4.16. The number of rotatable bonds is 5. The van der Waals surface area contributed by atoms with Crippen LogP contribution >= 0.6 is 0 Å². The third-order valence-corrected chi connectivity index (χ3v) is 3.18. The number of carbonyl (C=O) groups is 2. The second-order valence-electron chi connectivity index (χ2n) is 4.16. The number of hydrogen-bond donors (Lipinski definition) is 5. The quantitative estimate of drug-likeness (QED) is 0.262. The van der Waals surface area contributed by atoms with Crippen molar-refractivity contribution in [1.29, 1.82) is 0 Å². The number of nitrogens with zero attached hydrogens (tertiary/aromatic N) is 3. The minimum Gasteiger partial charge on any atom is -0.376 e. The number of hydrogen-bond acceptors (Lipinski definition) is 7. The highest BCUT2D eigenvalue weighted by Gasteiger charge is 2.60. The molecule has 2 aliphatic rings. The first-order valence-electron chi connectivity index (χ1n) is 5.81. The molecule has 0 spiro atoms. The molecule has 0 saturated carbocycles. The average molecular weight is 292 g/mol. The number of epoxide rings is 1. The first-order valence-corrected chi connectivity index (χ1v) is 5.81. The molecule has 0 aromatic carbocycles. The lowest BCUT2D eigenvalue weighted by atomic mass is 10.2. The van der Waals surface area contributed by atoms with E-state index in [4.69, 9.17) is 14.9 Å². The van der Waals surface area contributed by atoms with E-state index in [2.05, 4.69) is 5.32 Å². The van der Waals surface area contributed by atoms with Crippen LogP contribution in [0.3, 0.4) is 0 Å². The summed E-state index contributed by atoms with van der Waals surface area (Å²) < 4.78 is 5.20. The zero-order valence-corrected chi connectivity index (χ0v) is 10.4. The Kier molecular flexibility index (Phi) is 4.25. The number of ether oxygens (including phenoxy) is 1. The number of amides is 4. The molecule has 0 aromatic heterocycles. The SMILES string of the molecule is O=C(NCO)N(CO)C1C2OC2N(CO)C(=O)N1CO. The van der Waals surface area contributed by atoms with Crippen LogP contribution in [-0.4, -0.2) is 92.6 Å². The molecule has 114 valence electrons. The fourth-order valence-corrected chi connectivity index (χ4v) is 2.22. The predicted molar refractivity (Wildman–Crippen MR) is 60.2 cm³/mol. The molecule has 11 heteroatoms. The van der Waals surface area contributed by atoms with Crippen molar-refractivity contribution in [2.45, 2.75) is 18.5 Å². The molecule has 5 N–H and O–H groups in total. The van der Waals surface area contributed by atoms with Crippen LogP contribution in [0.4, 0.5) is 9.59 Å². The first-order chi connectivity index (χ1) is 9.60. The van der Waals surface area contributed by atoms with Gasteiger partial charge in [-0.15, -0.1) is 0 Å². The Morgan fingerprint density at radius 3 is 2.40 bits per heavy atom. The number of aliphatic hydroxyl groups is 4. The molecule has 20 heavy (non-hydrogen) atoms. The highest BCUT2D eigenvalue weighted by Crippen LogP contribution is 2.38. The van der Waals surface area contributed by atoms with Gasteiger partial charge in [-0.1, -0.05) is 0 Å². The molecule has 11 nitrogen and oxygen atoms in total. The van der Waals surface area contributed by atoms with Crippen molar-refractivity contribution in [2.24, 2.45) is 0 Å². The van der Waals surface area contributed by atoms with Gasteiger partial charge in [-0.25, -0.2) is 9.59 Å². The molecular weight excluding hydrogens is 276 g/mol. The lowest BCUT2D eigenvalue weighted by Gasteiger charge is -2.41. The first kappa shape index (κ1) is 14.7. The lowest BCUT2D eigenvalue weighted by Crippen LogP contribution is -2.65. The zero-order chi connectivity index (χ0) is 14.9. The molecule has 3 atom stereocenters. The molecule has 0 aliphatic carbocycles. The topological polar surface area (TPSA) is 149 Å². The Labute approximate surface area is 113 Å². The second kappa shape index (κ2) is 5.76. The van der Waals surface area contributed by atoms with Crippen molar-refractivity contribution in [1.82, 2.24) is 20.0 Å². The van der Waals surface area contributed by atoms with E-state index in [1.165, 1.54) is 0 Å². The summed E-state index contributed by atoms with van der Waals surface area (Å²) in [5.74, 6) is 0. The van der Waals surface area contributed by atoms with Crippen LogP contribution in [0.2, 0.25) is 0 Å². The maximum absolute atomic E-state index is 12.0. The summed E-state index contributed by atoms with van der Waals surface area (Å²) in [7, 11) is 0. The van der Waals surface area contributed by atoms with Gasteiger partial charge < -0.3 is 30.5 Å². The highest BCUT2D eigenvalue weighted by molar-refractivity contribution is 5.79. The van der Waals surface area contributed by atoms with Gasteiger partial charge in [-0.2, -0.15) is 0 Å². The van der Waals surface area contributed by atoms with Gasteiger partial charge in [-0.05, 0) is 0 Å². The van der Waals surface area contributed by atoms with Gasteiger partial charge in [-0.3, -0.25) is 14.7 Å². The summed E-state index contributed by atoms with van der Waals surface area (Å²) in [6, 6.07) is -1.55. The van der Waals surface area contributed by atoms with E-state index in [-0.39, 0.29) is 0 Å². The fraction of sp³-hybridized carbons (Fsp3) is 0.778. The predicted octanol–water partition coefficient (Wildman–Crippen LogP) is -3.41. The largest absolute Gasteiger partial charge is 0.376 e. The van der Waals surface area contributed by atoms with E-state index in [0.29, 0.717) is 0 Å². The maximum atomic E-state index is 12.0. The summed E-state index contributed by atoms with van der Waals surface area (Å²) in [6.07, 6.45) is -2.41. The van der Waals surface area contributed by atoms with E-state index >= 15 is 0 Å². The standard InChI is InChI=1S/C9H16N4O7/c14-1-10-8(18)11(2-15)6-5-7(20-5)13(4-17)9(19)12(6)3-16/h5-7,14-17H,1-4H2,(H,10,18). The minimum absolute atomic E-state index is 0.592. The molecular formula is C9H16N4O7. The Bertz CT molecular complexity index is 388. The molecule has 2 aliphatic heterocycles. The van der Waals surface area contributed by atoms with Gasteiger partial charge in [0.15, 0.2) is 6.23 Å². The van der Waals surface area contributed by atoms with Crippen molar-refractivity contribution < 1.29 is 34.8 Å². The maximum Gasteiger partial charge on any atom is 0.327 e. The highest BCUT2D eigenvalue weighted by atomic mass is 16.6. The van der Waals surface area contributed by atoms with Crippen LogP contribution in [0.1, 0.15) is 0 Å². The van der Waals surface area contributed by atoms with Gasteiger partial charge in [0.2, 0.25) is 0 Å². The number of urea groups is 2. The van der Waals surface area contributed by atoms with Crippen molar-refractivity contribution in [2.75, 3.05) is 26.9 Å². The van der Waals surface area contributed by atoms with Crippen LogP contribution in [0, 0.1) is 0 Å². The molecule has 0 bridgehead atoms. The van der Waals surface area contributed by atoms with E-state index in [0.717, 1.165) is 14.7 Å². The lowest BCUT2D eigenvalue weighted by molar-refractivity contribution is -0.0372. The monoisotopic (exact) mass is 292 g/mol. The third kappa shape index (κ3) is 2.25. The van der Waals surface area contributed by atoms with Crippen LogP contribution in [0.5, 0.6) is 0 Å². The van der Waals surface area contributed by atoms with Crippen molar-refractivity contribution in [3.05, 3.63) is 0 Å². The Hall–Kier alpha value is -1.66. The Morgan fingerprint density at radius 2 is 1.90 bits per heavy atom. The van der Waals surface area contributed by atoms with E-state index in [1.54, 1.807) is 0 Å². The minimum atomic E-state index is -1.03. The Balaban J connectivity index is 2.21. The fourth-order valence-electron chi connectivity index (χ4n) is 2.22. The molecule has 0 aromatic rings. The molecule has 2 saturated heterocycles. The Morgan fingerprint density at radius 1 is 1.25 bits per heavy atom.